The standard InChI is InChI=1S/C14H20N2O2/c1-2-18-14(17)11-8-5-9-12(13(11)15)16-10-6-3-4-7-10/h5,8-10,16H,2-4,6-7,15H2,1H3. The van der Waals surface area contributed by atoms with Gasteiger partial charge in [-0.2, -0.15) is 0 Å². The third kappa shape index (κ3) is 2.75. The Labute approximate surface area is 108 Å². The topological polar surface area (TPSA) is 64.3 Å². The van der Waals surface area contributed by atoms with Gasteiger partial charge in [0.2, 0.25) is 0 Å². The van der Waals surface area contributed by atoms with Crippen molar-refractivity contribution in [2.24, 2.45) is 0 Å². The Kier molecular flexibility index (Phi) is 4.07. The molecule has 0 aromatic heterocycles. The number of hydrogen-bond donors (Lipinski definition) is 2. The average Bonchev–Trinajstić information content (AvgIpc) is 2.85. The second-order valence-electron chi connectivity index (χ2n) is 4.61. The SMILES string of the molecule is CCOC(=O)c1cccc(NC2CCCC2)c1N. The van der Waals surface area contributed by atoms with Crippen LogP contribution in [-0.2, 0) is 4.74 Å². The maximum Gasteiger partial charge on any atom is 0.340 e. The van der Waals surface area contributed by atoms with Crippen LogP contribution >= 0.6 is 0 Å². The van der Waals surface area contributed by atoms with Crippen molar-refractivity contribution in [3.63, 3.8) is 0 Å². The van der Waals surface area contributed by atoms with Gasteiger partial charge in [0.1, 0.15) is 0 Å². The summed E-state index contributed by atoms with van der Waals surface area (Å²) in [5, 5.41) is 3.41. The zero-order valence-electron chi connectivity index (χ0n) is 10.7. The summed E-state index contributed by atoms with van der Waals surface area (Å²) in [5.74, 6) is -0.356. The maximum atomic E-state index is 11.7. The highest BCUT2D eigenvalue weighted by molar-refractivity contribution is 5.98. The number of benzene rings is 1. The molecule has 0 aliphatic heterocycles. The van der Waals surface area contributed by atoms with E-state index in [-0.39, 0.29) is 5.97 Å². The molecule has 0 amide bonds. The Morgan fingerprint density at radius 2 is 2.17 bits per heavy atom. The number of para-hydroxylation sites is 1. The van der Waals surface area contributed by atoms with E-state index in [9.17, 15) is 4.79 Å². The number of rotatable bonds is 4. The Morgan fingerprint density at radius 3 is 2.83 bits per heavy atom. The molecule has 4 nitrogen and oxygen atoms in total. The van der Waals surface area contributed by atoms with Crippen molar-refractivity contribution >= 4 is 17.3 Å². The van der Waals surface area contributed by atoms with Gasteiger partial charge in [-0.1, -0.05) is 18.9 Å². The highest BCUT2D eigenvalue weighted by Crippen LogP contribution is 2.28. The molecule has 0 bridgehead atoms. The van der Waals surface area contributed by atoms with E-state index in [0.29, 0.717) is 23.9 Å². The summed E-state index contributed by atoms with van der Waals surface area (Å²) in [7, 11) is 0. The molecule has 2 rings (SSSR count). The third-order valence-electron chi connectivity index (χ3n) is 3.32. The fourth-order valence-electron chi connectivity index (χ4n) is 2.37. The second-order valence-corrected chi connectivity index (χ2v) is 4.61. The minimum absolute atomic E-state index is 0.356. The lowest BCUT2D eigenvalue weighted by Crippen LogP contribution is -2.17. The Hall–Kier alpha value is -1.71. The van der Waals surface area contributed by atoms with Crippen molar-refractivity contribution < 1.29 is 9.53 Å². The molecule has 1 aliphatic carbocycles. The lowest BCUT2D eigenvalue weighted by Gasteiger charge is -2.16. The molecule has 0 heterocycles. The number of ether oxygens (including phenoxy) is 1. The quantitative estimate of drug-likeness (QED) is 0.635. The normalized spacial score (nSPS) is 15.6. The zero-order valence-corrected chi connectivity index (χ0v) is 10.7. The molecule has 1 aromatic carbocycles. The number of nitrogen functional groups attached to an aromatic ring is 1. The number of carbonyl (C=O) groups is 1. The minimum Gasteiger partial charge on any atom is -0.462 e. The van der Waals surface area contributed by atoms with E-state index in [2.05, 4.69) is 5.32 Å². The number of esters is 1. The first-order chi connectivity index (χ1) is 8.72. The molecule has 1 aromatic rings. The van der Waals surface area contributed by atoms with Crippen LogP contribution in [0, 0.1) is 0 Å². The summed E-state index contributed by atoms with van der Waals surface area (Å²) in [4.78, 5) is 11.7. The highest BCUT2D eigenvalue weighted by Gasteiger charge is 2.18. The van der Waals surface area contributed by atoms with Gasteiger partial charge in [0, 0.05) is 6.04 Å². The Morgan fingerprint density at radius 1 is 1.44 bits per heavy atom. The van der Waals surface area contributed by atoms with Crippen molar-refractivity contribution in [1.29, 1.82) is 0 Å². The molecule has 0 unspecified atom stereocenters. The van der Waals surface area contributed by atoms with Gasteiger partial charge in [0.15, 0.2) is 0 Å². The number of carbonyl (C=O) groups excluding carboxylic acids is 1. The van der Waals surface area contributed by atoms with Crippen molar-refractivity contribution in [3.05, 3.63) is 23.8 Å². The van der Waals surface area contributed by atoms with Crippen molar-refractivity contribution in [2.75, 3.05) is 17.7 Å². The predicted octanol–water partition coefficient (Wildman–Crippen LogP) is 2.80. The van der Waals surface area contributed by atoms with Gasteiger partial charge in [-0.3, -0.25) is 0 Å². The Balaban J connectivity index is 2.15. The Bertz CT molecular complexity index is 426. The van der Waals surface area contributed by atoms with Gasteiger partial charge in [-0.05, 0) is 31.9 Å². The van der Waals surface area contributed by atoms with Crippen molar-refractivity contribution in [3.8, 4) is 0 Å². The fraction of sp³-hybridized carbons (Fsp3) is 0.500. The van der Waals surface area contributed by atoms with Crippen LogP contribution in [0.15, 0.2) is 18.2 Å². The maximum absolute atomic E-state index is 11.7. The molecule has 0 spiro atoms. The highest BCUT2D eigenvalue weighted by atomic mass is 16.5. The first kappa shape index (κ1) is 12.7. The van der Waals surface area contributed by atoms with Gasteiger partial charge in [0.05, 0.1) is 23.5 Å². The summed E-state index contributed by atoms with van der Waals surface area (Å²) in [6, 6.07) is 5.92. The van der Waals surface area contributed by atoms with Gasteiger partial charge in [-0.15, -0.1) is 0 Å². The molecule has 1 fully saturated rings. The van der Waals surface area contributed by atoms with Crippen LogP contribution in [0.5, 0.6) is 0 Å². The van der Waals surface area contributed by atoms with E-state index in [1.54, 1.807) is 13.0 Å². The number of nitrogens with one attached hydrogen (secondary N) is 1. The van der Waals surface area contributed by atoms with Crippen molar-refractivity contribution in [1.82, 2.24) is 0 Å². The summed E-state index contributed by atoms with van der Waals surface area (Å²) >= 11 is 0. The van der Waals surface area contributed by atoms with Crippen LogP contribution in [0.3, 0.4) is 0 Å². The lowest BCUT2D eigenvalue weighted by atomic mass is 10.1. The van der Waals surface area contributed by atoms with Crippen LogP contribution in [0.25, 0.3) is 0 Å². The van der Waals surface area contributed by atoms with Crippen LogP contribution in [0.1, 0.15) is 43.0 Å². The number of nitrogens with two attached hydrogens (primary N) is 1. The van der Waals surface area contributed by atoms with Crippen LogP contribution in [0.2, 0.25) is 0 Å². The second kappa shape index (κ2) is 5.76. The molecule has 1 saturated carbocycles. The molecule has 98 valence electrons. The van der Waals surface area contributed by atoms with E-state index in [1.165, 1.54) is 25.7 Å². The molecule has 18 heavy (non-hydrogen) atoms. The van der Waals surface area contributed by atoms with Gasteiger partial charge >= 0.3 is 5.97 Å². The summed E-state index contributed by atoms with van der Waals surface area (Å²) in [5.41, 5.74) is 7.80. The molecule has 0 radical (unpaired) electrons. The third-order valence-corrected chi connectivity index (χ3v) is 3.32. The molecular formula is C14H20N2O2. The van der Waals surface area contributed by atoms with Crippen LogP contribution < -0.4 is 11.1 Å². The number of hydrogen-bond acceptors (Lipinski definition) is 4. The minimum atomic E-state index is -0.356. The van der Waals surface area contributed by atoms with E-state index in [1.807, 2.05) is 12.1 Å². The summed E-state index contributed by atoms with van der Waals surface area (Å²) in [6.07, 6.45) is 4.86. The fourth-order valence-corrected chi connectivity index (χ4v) is 2.37. The van der Waals surface area contributed by atoms with Crippen molar-refractivity contribution in [2.45, 2.75) is 38.6 Å². The largest absolute Gasteiger partial charge is 0.462 e. The molecule has 3 N–H and O–H groups in total. The first-order valence-corrected chi connectivity index (χ1v) is 6.54. The number of anilines is 2. The zero-order chi connectivity index (χ0) is 13.0. The monoisotopic (exact) mass is 248 g/mol. The summed E-state index contributed by atoms with van der Waals surface area (Å²) in [6.45, 7) is 2.15. The van der Waals surface area contributed by atoms with E-state index in [0.717, 1.165) is 5.69 Å². The lowest BCUT2D eigenvalue weighted by molar-refractivity contribution is 0.0527. The van der Waals surface area contributed by atoms with E-state index < -0.39 is 0 Å². The van der Waals surface area contributed by atoms with E-state index in [4.69, 9.17) is 10.5 Å². The van der Waals surface area contributed by atoms with Crippen LogP contribution in [0.4, 0.5) is 11.4 Å². The molecule has 0 atom stereocenters. The van der Waals surface area contributed by atoms with Gasteiger partial charge in [0.25, 0.3) is 0 Å². The predicted molar refractivity (Wildman–Crippen MR) is 72.7 cm³/mol. The molecule has 4 heteroatoms. The van der Waals surface area contributed by atoms with Gasteiger partial charge in [-0.25, -0.2) is 4.79 Å². The summed E-state index contributed by atoms with van der Waals surface area (Å²) < 4.78 is 4.99. The molecule has 1 aliphatic rings. The van der Waals surface area contributed by atoms with Crippen LogP contribution in [-0.4, -0.2) is 18.6 Å². The van der Waals surface area contributed by atoms with E-state index >= 15 is 0 Å². The molecule has 0 saturated heterocycles. The van der Waals surface area contributed by atoms with Gasteiger partial charge < -0.3 is 15.8 Å². The first-order valence-electron chi connectivity index (χ1n) is 6.54. The molecular weight excluding hydrogens is 228 g/mol. The average molecular weight is 248 g/mol. The smallest absolute Gasteiger partial charge is 0.340 e.